The van der Waals surface area contributed by atoms with Gasteiger partial charge in [-0.05, 0) is 31.9 Å². The first kappa shape index (κ1) is 12.5. The number of rotatable bonds is 3. The molecule has 0 radical (unpaired) electrons. The van der Waals surface area contributed by atoms with Gasteiger partial charge in [0.15, 0.2) is 10.8 Å². The Bertz CT molecular complexity index is 833. The van der Waals surface area contributed by atoms with Gasteiger partial charge in [0.25, 0.3) is 5.91 Å². The average Bonchev–Trinajstić information content (AvgIpc) is 3.09. The van der Waals surface area contributed by atoms with Crippen molar-refractivity contribution in [2.45, 2.75) is 25.7 Å². The van der Waals surface area contributed by atoms with Crippen molar-refractivity contribution < 1.29 is 4.79 Å². The van der Waals surface area contributed by atoms with Crippen LogP contribution in [0.4, 0.5) is 5.13 Å². The average molecular weight is 299 g/mol. The molecule has 4 rings (SSSR count). The zero-order chi connectivity index (χ0) is 14.4. The topological polar surface area (TPSA) is 72.2 Å². The van der Waals surface area contributed by atoms with E-state index in [-0.39, 0.29) is 5.91 Å². The third kappa shape index (κ3) is 2.40. The van der Waals surface area contributed by atoms with Gasteiger partial charge in [0.1, 0.15) is 5.69 Å². The molecule has 1 aliphatic rings. The number of carbonyl (C=O) groups excluding carboxylic acids is 1. The van der Waals surface area contributed by atoms with Gasteiger partial charge in [-0.15, -0.1) is 11.3 Å². The van der Waals surface area contributed by atoms with Crippen molar-refractivity contribution in [2.75, 3.05) is 5.32 Å². The fourth-order valence-corrected chi connectivity index (χ4v) is 2.98. The highest BCUT2D eigenvalue weighted by molar-refractivity contribution is 7.14. The van der Waals surface area contributed by atoms with E-state index < -0.39 is 0 Å². The molecular formula is C14H13N5OS. The van der Waals surface area contributed by atoms with E-state index in [2.05, 4.69) is 20.4 Å². The van der Waals surface area contributed by atoms with E-state index in [0.29, 0.717) is 16.7 Å². The Hall–Kier alpha value is -2.28. The molecule has 3 aromatic heterocycles. The van der Waals surface area contributed by atoms with Crippen LogP contribution in [0.25, 0.3) is 5.65 Å². The standard InChI is InChI=1S/C14H13N5OS/c1-8-6-19-12(15-8)5-4-10(18-19)13(20)17-14-16-11(7-21-14)9-2-3-9/h4-7,9H,2-3H2,1H3,(H,16,17,20). The minimum atomic E-state index is -0.250. The van der Waals surface area contributed by atoms with Crippen molar-refractivity contribution in [1.29, 1.82) is 0 Å². The number of nitrogens with zero attached hydrogens (tertiary/aromatic N) is 4. The lowest BCUT2D eigenvalue weighted by Gasteiger charge is -2.01. The maximum Gasteiger partial charge on any atom is 0.277 e. The first-order valence-electron chi connectivity index (χ1n) is 6.79. The second-order valence-electron chi connectivity index (χ2n) is 5.21. The van der Waals surface area contributed by atoms with Crippen molar-refractivity contribution >= 4 is 28.0 Å². The van der Waals surface area contributed by atoms with E-state index in [9.17, 15) is 4.79 Å². The number of hydrogen-bond acceptors (Lipinski definition) is 5. The van der Waals surface area contributed by atoms with Gasteiger partial charge in [0.2, 0.25) is 0 Å². The Morgan fingerprint density at radius 3 is 3.05 bits per heavy atom. The van der Waals surface area contributed by atoms with Crippen molar-refractivity contribution in [3.63, 3.8) is 0 Å². The predicted octanol–water partition coefficient (Wildman–Crippen LogP) is 2.62. The molecular weight excluding hydrogens is 286 g/mol. The van der Waals surface area contributed by atoms with Crippen LogP contribution in [0, 0.1) is 6.92 Å². The second-order valence-corrected chi connectivity index (χ2v) is 6.07. The SMILES string of the molecule is Cc1cn2nc(C(=O)Nc3nc(C4CC4)cs3)ccc2n1. The lowest BCUT2D eigenvalue weighted by atomic mass is 10.3. The van der Waals surface area contributed by atoms with E-state index in [1.807, 2.05) is 12.3 Å². The number of hydrogen-bond donors (Lipinski definition) is 1. The van der Waals surface area contributed by atoms with E-state index in [0.717, 1.165) is 17.0 Å². The summed E-state index contributed by atoms with van der Waals surface area (Å²) < 4.78 is 1.61. The molecule has 3 heterocycles. The van der Waals surface area contributed by atoms with Crippen LogP contribution in [-0.4, -0.2) is 25.5 Å². The first-order valence-corrected chi connectivity index (χ1v) is 7.67. The van der Waals surface area contributed by atoms with Crippen LogP contribution in [0.2, 0.25) is 0 Å². The number of carbonyl (C=O) groups is 1. The first-order chi connectivity index (χ1) is 10.2. The van der Waals surface area contributed by atoms with Gasteiger partial charge >= 0.3 is 0 Å². The van der Waals surface area contributed by atoms with Crippen LogP contribution >= 0.6 is 11.3 Å². The summed E-state index contributed by atoms with van der Waals surface area (Å²) in [6, 6.07) is 3.46. The van der Waals surface area contributed by atoms with Crippen LogP contribution in [0.3, 0.4) is 0 Å². The highest BCUT2D eigenvalue weighted by Crippen LogP contribution is 2.40. The molecule has 1 N–H and O–H groups in total. The Labute approximate surface area is 124 Å². The summed E-state index contributed by atoms with van der Waals surface area (Å²) in [5.41, 5.74) is 3.04. The summed E-state index contributed by atoms with van der Waals surface area (Å²) in [5, 5.41) is 9.72. The minimum absolute atomic E-state index is 0.250. The smallest absolute Gasteiger partial charge is 0.277 e. The molecule has 0 saturated heterocycles. The van der Waals surface area contributed by atoms with E-state index in [1.165, 1.54) is 24.2 Å². The van der Waals surface area contributed by atoms with Crippen LogP contribution in [0.1, 0.15) is 40.6 Å². The molecule has 0 unspecified atom stereocenters. The summed E-state index contributed by atoms with van der Waals surface area (Å²) in [6.07, 6.45) is 4.20. The van der Waals surface area contributed by atoms with Crippen molar-refractivity contribution in [3.8, 4) is 0 Å². The molecule has 21 heavy (non-hydrogen) atoms. The molecule has 0 spiro atoms. The molecule has 1 saturated carbocycles. The Balaban J connectivity index is 1.56. The monoisotopic (exact) mass is 299 g/mol. The maximum atomic E-state index is 12.2. The lowest BCUT2D eigenvalue weighted by Crippen LogP contribution is -2.15. The molecule has 0 atom stereocenters. The van der Waals surface area contributed by atoms with Crippen molar-refractivity contribution in [2.24, 2.45) is 0 Å². The second kappa shape index (κ2) is 4.63. The number of aromatic nitrogens is 4. The van der Waals surface area contributed by atoms with Crippen LogP contribution in [0.15, 0.2) is 23.7 Å². The number of anilines is 1. The van der Waals surface area contributed by atoms with E-state index in [4.69, 9.17) is 0 Å². The third-order valence-electron chi connectivity index (χ3n) is 3.41. The van der Waals surface area contributed by atoms with Gasteiger partial charge in [-0.1, -0.05) is 0 Å². The van der Waals surface area contributed by atoms with Gasteiger partial charge in [-0.2, -0.15) is 5.10 Å². The zero-order valence-corrected chi connectivity index (χ0v) is 12.2. The van der Waals surface area contributed by atoms with Gasteiger partial charge in [0, 0.05) is 11.3 Å². The molecule has 0 bridgehead atoms. The zero-order valence-electron chi connectivity index (χ0n) is 11.4. The number of aryl methyl sites for hydroxylation is 1. The molecule has 1 amide bonds. The molecule has 7 heteroatoms. The summed E-state index contributed by atoms with van der Waals surface area (Å²) in [6.45, 7) is 1.89. The number of nitrogens with one attached hydrogen (secondary N) is 1. The normalized spacial score (nSPS) is 14.5. The molecule has 3 aromatic rings. The lowest BCUT2D eigenvalue weighted by molar-refractivity contribution is 0.102. The molecule has 106 valence electrons. The van der Waals surface area contributed by atoms with Crippen LogP contribution < -0.4 is 5.32 Å². The molecule has 0 aliphatic heterocycles. The van der Waals surface area contributed by atoms with E-state index in [1.54, 1.807) is 22.8 Å². The molecule has 1 fully saturated rings. The molecule has 0 aromatic carbocycles. The highest BCUT2D eigenvalue weighted by Gasteiger charge is 2.26. The van der Waals surface area contributed by atoms with Crippen molar-refractivity contribution in [1.82, 2.24) is 19.6 Å². The van der Waals surface area contributed by atoms with Crippen LogP contribution in [-0.2, 0) is 0 Å². The van der Waals surface area contributed by atoms with Gasteiger partial charge in [-0.3, -0.25) is 10.1 Å². The number of imidazole rings is 1. The Kier molecular flexibility index (Phi) is 2.75. The number of amides is 1. The quantitative estimate of drug-likeness (QED) is 0.807. The number of fused-ring (bicyclic) bond motifs is 1. The van der Waals surface area contributed by atoms with Crippen LogP contribution in [0.5, 0.6) is 0 Å². The van der Waals surface area contributed by atoms with Gasteiger partial charge < -0.3 is 0 Å². The number of thiazole rings is 1. The van der Waals surface area contributed by atoms with Crippen molar-refractivity contribution in [3.05, 3.63) is 40.8 Å². The maximum absolute atomic E-state index is 12.2. The summed E-state index contributed by atoms with van der Waals surface area (Å²) in [5.74, 6) is 0.343. The Morgan fingerprint density at radius 2 is 2.24 bits per heavy atom. The van der Waals surface area contributed by atoms with Gasteiger partial charge in [0.05, 0.1) is 17.6 Å². The fraction of sp³-hybridized carbons (Fsp3) is 0.286. The third-order valence-corrected chi connectivity index (χ3v) is 4.19. The summed E-state index contributed by atoms with van der Waals surface area (Å²) in [4.78, 5) is 20.9. The highest BCUT2D eigenvalue weighted by atomic mass is 32.1. The Morgan fingerprint density at radius 1 is 1.38 bits per heavy atom. The van der Waals surface area contributed by atoms with E-state index >= 15 is 0 Å². The van der Waals surface area contributed by atoms with Gasteiger partial charge in [-0.25, -0.2) is 14.5 Å². The minimum Gasteiger partial charge on any atom is -0.296 e. The molecule has 6 nitrogen and oxygen atoms in total. The summed E-state index contributed by atoms with van der Waals surface area (Å²) >= 11 is 1.46. The fourth-order valence-electron chi connectivity index (χ4n) is 2.19. The predicted molar refractivity (Wildman–Crippen MR) is 79.8 cm³/mol. The summed E-state index contributed by atoms with van der Waals surface area (Å²) in [7, 11) is 0. The molecule has 1 aliphatic carbocycles. The largest absolute Gasteiger partial charge is 0.296 e.